The second kappa shape index (κ2) is 5.63. The van der Waals surface area contributed by atoms with Crippen LogP contribution in [0.15, 0.2) is 6.07 Å². The van der Waals surface area contributed by atoms with Gasteiger partial charge in [-0.3, -0.25) is 0 Å². The van der Waals surface area contributed by atoms with Gasteiger partial charge in [0.15, 0.2) is 0 Å². The Balaban J connectivity index is 2.00. The quantitative estimate of drug-likeness (QED) is 0.772. The van der Waals surface area contributed by atoms with Crippen LogP contribution in [-0.4, -0.2) is 16.9 Å². The van der Waals surface area contributed by atoms with E-state index in [1.165, 1.54) is 37.2 Å². The minimum Gasteiger partial charge on any atom is -0.462 e. The number of nitrogens with zero attached hydrogens (tertiary/aromatic N) is 1. The summed E-state index contributed by atoms with van der Waals surface area (Å²) < 4.78 is 9.39. The lowest BCUT2D eigenvalue weighted by atomic mass is 9.81. The summed E-state index contributed by atoms with van der Waals surface area (Å²) >= 11 is 1.27. The molecular weight excluding hydrogens is 234 g/mol. The molecule has 2 rings (SSSR count). The summed E-state index contributed by atoms with van der Waals surface area (Å²) in [5.74, 6) is 1.15. The van der Waals surface area contributed by atoms with Gasteiger partial charge in [-0.05, 0) is 43.3 Å². The molecule has 94 valence electrons. The van der Waals surface area contributed by atoms with Crippen LogP contribution in [-0.2, 0) is 4.74 Å². The van der Waals surface area contributed by atoms with Crippen LogP contribution in [0.25, 0.3) is 0 Å². The molecule has 0 unspecified atom stereocenters. The summed E-state index contributed by atoms with van der Waals surface area (Å²) in [4.78, 5) is 12.2. The van der Waals surface area contributed by atoms with E-state index in [2.05, 4.69) is 11.3 Å². The second-order valence-electron chi connectivity index (χ2n) is 4.79. The molecular formula is C13H19NO2S. The van der Waals surface area contributed by atoms with Gasteiger partial charge in [-0.2, -0.15) is 4.37 Å². The SMILES string of the molecule is CCOC(=O)c1cc(C2CCC(C)CC2)ns1. The van der Waals surface area contributed by atoms with E-state index in [4.69, 9.17) is 4.74 Å². The summed E-state index contributed by atoms with van der Waals surface area (Å²) in [7, 11) is 0. The molecule has 17 heavy (non-hydrogen) atoms. The van der Waals surface area contributed by atoms with E-state index in [0.29, 0.717) is 17.4 Å². The van der Waals surface area contributed by atoms with Crippen molar-refractivity contribution in [3.63, 3.8) is 0 Å². The van der Waals surface area contributed by atoms with Crippen molar-refractivity contribution in [1.82, 2.24) is 4.37 Å². The lowest BCUT2D eigenvalue weighted by Gasteiger charge is -2.24. The van der Waals surface area contributed by atoms with E-state index in [0.717, 1.165) is 11.6 Å². The van der Waals surface area contributed by atoms with Gasteiger partial charge in [0.05, 0.1) is 12.3 Å². The molecule has 0 aliphatic heterocycles. The number of carbonyl (C=O) groups excluding carboxylic acids is 1. The Bertz CT molecular complexity index is 381. The normalized spacial score (nSPS) is 24.6. The van der Waals surface area contributed by atoms with Crippen molar-refractivity contribution in [2.24, 2.45) is 5.92 Å². The number of ether oxygens (including phenoxy) is 1. The van der Waals surface area contributed by atoms with Crippen LogP contribution in [0.1, 0.15) is 60.8 Å². The van der Waals surface area contributed by atoms with Gasteiger partial charge in [-0.15, -0.1) is 0 Å². The van der Waals surface area contributed by atoms with E-state index >= 15 is 0 Å². The number of rotatable bonds is 3. The molecule has 0 spiro atoms. The summed E-state index contributed by atoms with van der Waals surface area (Å²) in [5.41, 5.74) is 1.09. The van der Waals surface area contributed by atoms with Crippen molar-refractivity contribution >= 4 is 17.5 Å². The van der Waals surface area contributed by atoms with Crippen LogP contribution < -0.4 is 0 Å². The van der Waals surface area contributed by atoms with Crippen LogP contribution >= 0.6 is 11.5 Å². The Kier molecular flexibility index (Phi) is 4.15. The largest absolute Gasteiger partial charge is 0.462 e. The molecule has 1 aliphatic carbocycles. The number of carbonyl (C=O) groups is 1. The number of esters is 1. The lowest BCUT2D eigenvalue weighted by molar-refractivity contribution is 0.0532. The van der Waals surface area contributed by atoms with E-state index in [1.54, 1.807) is 0 Å². The smallest absolute Gasteiger partial charge is 0.349 e. The summed E-state index contributed by atoms with van der Waals surface area (Å²) in [6, 6.07) is 1.92. The fourth-order valence-corrected chi connectivity index (χ4v) is 3.05. The fraction of sp³-hybridized carbons (Fsp3) is 0.692. The number of hydrogen-bond acceptors (Lipinski definition) is 4. The molecule has 1 fully saturated rings. The van der Waals surface area contributed by atoms with Crippen molar-refractivity contribution in [3.8, 4) is 0 Å². The Morgan fingerprint density at radius 2 is 2.18 bits per heavy atom. The molecule has 0 bridgehead atoms. The molecule has 0 N–H and O–H groups in total. The third-order valence-electron chi connectivity index (χ3n) is 3.44. The van der Waals surface area contributed by atoms with Crippen molar-refractivity contribution in [1.29, 1.82) is 0 Å². The number of hydrogen-bond donors (Lipinski definition) is 0. The molecule has 0 saturated heterocycles. The van der Waals surface area contributed by atoms with E-state index < -0.39 is 0 Å². The summed E-state index contributed by atoms with van der Waals surface area (Å²) in [5, 5.41) is 0. The fourth-order valence-electron chi connectivity index (χ4n) is 2.34. The summed E-state index contributed by atoms with van der Waals surface area (Å²) in [6.07, 6.45) is 4.95. The van der Waals surface area contributed by atoms with Crippen LogP contribution in [0.2, 0.25) is 0 Å². The van der Waals surface area contributed by atoms with Crippen LogP contribution in [0.4, 0.5) is 0 Å². The van der Waals surface area contributed by atoms with Crippen molar-refractivity contribution < 1.29 is 9.53 Å². The van der Waals surface area contributed by atoms with Crippen molar-refractivity contribution in [3.05, 3.63) is 16.6 Å². The maximum Gasteiger partial charge on any atom is 0.349 e. The monoisotopic (exact) mass is 253 g/mol. The minimum atomic E-state index is -0.236. The van der Waals surface area contributed by atoms with Gasteiger partial charge in [-0.1, -0.05) is 19.8 Å². The molecule has 0 aromatic carbocycles. The first-order valence-electron chi connectivity index (χ1n) is 6.34. The van der Waals surface area contributed by atoms with Crippen LogP contribution in [0, 0.1) is 5.92 Å². The molecule has 1 heterocycles. The highest BCUT2D eigenvalue weighted by atomic mass is 32.1. The maximum atomic E-state index is 11.5. The topological polar surface area (TPSA) is 39.2 Å². The third kappa shape index (κ3) is 3.06. The standard InChI is InChI=1S/C13H19NO2S/c1-3-16-13(15)12-8-11(14-17-12)10-6-4-9(2)5-7-10/h8-10H,3-7H2,1-2H3. The molecule has 3 nitrogen and oxygen atoms in total. The van der Waals surface area contributed by atoms with E-state index in [9.17, 15) is 4.79 Å². The van der Waals surface area contributed by atoms with Gasteiger partial charge in [0.1, 0.15) is 4.88 Å². The van der Waals surface area contributed by atoms with Gasteiger partial charge in [-0.25, -0.2) is 4.79 Å². The maximum absolute atomic E-state index is 11.5. The third-order valence-corrected chi connectivity index (χ3v) is 4.22. The molecule has 1 aromatic heterocycles. The average Bonchev–Trinajstić information content (AvgIpc) is 2.80. The van der Waals surface area contributed by atoms with Gasteiger partial charge in [0, 0.05) is 5.92 Å². The van der Waals surface area contributed by atoms with Gasteiger partial charge < -0.3 is 4.74 Å². The van der Waals surface area contributed by atoms with Crippen molar-refractivity contribution in [2.45, 2.75) is 45.4 Å². The highest BCUT2D eigenvalue weighted by Crippen LogP contribution is 2.35. The summed E-state index contributed by atoms with van der Waals surface area (Å²) in [6.45, 7) is 4.55. The first-order valence-corrected chi connectivity index (χ1v) is 7.11. The Hall–Kier alpha value is -0.900. The van der Waals surface area contributed by atoms with Gasteiger partial charge >= 0.3 is 5.97 Å². The minimum absolute atomic E-state index is 0.236. The Labute approximate surface area is 106 Å². The highest BCUT2D eigenvalue weighted by Gasteiger charge is 2.23. The first kappa shape index (κ1) is 12.6. The Morgan fingerprint density at radius 3 is 2.82 bits per heavy atom. The molecule has 1 aromatic rings. The average molecular weight is 253 g/mol. The zero-order chi connectivity index (χ0) is 12.3. The highest BCUT2D eigenvalue weighted by molar-refractivity contribution is 7.08. The zero-order valence-electron chi connectivity index (χ0n) is 10.4. The first-order chi connectivity index (χ1) is 8.20. The molecule has 0 amide bonds. The Morgan fingerprint density at radius 1 is 1.47 bits per heavy atom. The van der Waals surface area contributed by atoms with Gasteiger partial charge in [0.25, 0.3) is 0 Å². The second-order valence-corrected chi connectivity index (χ2v) is 5.60. The predicted octanol–water partition coefficient (Wildman–Crippen LogP) is 3.61. The molecule has 1 saturated carbocycles. The molecule has 0 atom stereocenters. The number of aromatic nitrogens is 1. The molecule has 0 radical (unpaired) electrons. The van der Waals surface area contributed by atoms with Crippen LogP contribution in [0.5, 0.6) is 0 Å². The zero-order valence-corrected chi connectivity index (χ0v) is 11.3. The lowest BCUT2D eigenvalue weighted by Crippen LogP contribution is -2.11. The van der Waals surface area contributed by atoms with E-state index in [1.807, 2.05) is 13.0 Å². The van der Waals surface area contributed by atoms with Crippen molar-refractivity contribution in [2.75, 3.05) is 6.61 Å². The van der Waals surface area contributed by atoms with Crippen LogP contribution in [0.3, 0.4) is 0 Å². The van der Waals surface area contributed by atoms with Gasteiger partial charge in [0.2, 0.25) is 0 Å². The predicted molar refractivity (Wildman–Crippen MR) is 68.4 cm³/mol. The van der Waals surface area contributed by atoms with E-state index in [-0.39, 0.29) is 5.97 Å². The molecule has 4 heteroatoms. The molecule has 1 aliphatic rings.